The van der Waals surface area contributed by atoms with Crippen LogP contribution in [0.1, 0.15) is 30.5 Å². The second-order valence-corrected chi connectivity index (χ2v) is 9.12. The summed E-state index contributed by atoms with van der Waals surface area (Å²) in [7, 11) is 1.66. The predicted molar refractivity (Wildman–Crippen MR) is 144 cm³/mol. The molecule has 1 aliphatic heterocycles. The number of methoxy groups -OCH3 is 1. The van der Waals surface area contributed by atoms with E-state index in [0.29, 0.717) is 0 Å². The van der Waals surface area contributed by atoms with Crippen LogP contribution in [0.15, 0.2) is 120 Å². The number of nitrogens with zero attached hydrogens (tertiary/aromatic N) is 1. The topological polar surface area (TPSA) is 40.0 Å². The van der Waals surface area contributed by atoms with E-state index in [1.165, 1.54) is 0 Å². The number of ether oxygens (including phenoxy) is 3. The molecule has 4 nitrogen and oxygen atoms in total. The average Bonchev–Trinajstić information content (AvgIpc) is 2.95. The summed E-state index contributed by atoms with van der Waals surface area (Å²) < 4.78 is 18.6. The van der Waals surface area contributed by atoms with Gasteiger partial charge in [0.2, 0.25) is 0 Å². The van der Waals surface area contributed by atoms with Crippen molar-refractivity contribution in [2.45, 2.75) is 31.7 Å². The van der Waals surface area contributed by atoms with Crippen molar-refractivity contribution in [1.29, 1.82) is 0 Å². The molecule has 4 aromatic rings. The lowest BCUT2D eigenvalue weighted by Crippen LogP contribution is -2.52. The van der Waals surface area contributed by atoms with Gasteiger partial charge in [0.25, 0.3) is 0 Å². The Kier molecular flexibility index (Phi) is 6.88. The van der Waals surface area contributed by atoms with E-state index in [1.54, 1.807) is 7.11 Å². The fourth-order valence-electron chi connectivity index (χ4n) is 4.90. The second-order valence-electron chi connectivity index (χ2n) is 9.12. The van der Waals surface area contributed by atoms with Crippen molar-refractivity contribution in [1.82, 2.24) is 0 Å². The maximum atomic E-state index is 7.10. The minimum Gasteiger partial charge on any atom is -0.497 e. The van der Waals surface area contributed by atoms with Gasteiger partial charge in [0.15, 0.2) is 5.90 Å². The maximum absolute atomic E-state index is 7.10. The number of hydrogen-bond acceptors (Lipinski definition) is 4. The molecule has 1 aliphatic rings. The first-order valence-electron chi connectivity index (χ1n) is 12.4. The van der Waals surface area contributed by atoms with Crippen molar-refractivity contribution in [3.05, 3.63) is 132 Å². The van der Waals surface area contributed by atoms with Gasteiger partial charge in [-0.15, -0.1) is 0 Å². The van der Waals surface area contributed by atoms with Crippen molar-refractivity contribution in [2.75, 3.05) is 7.11 Å². The molecule has 0 radical (unpaired) electrons. The van der Waals surface area contributed by atoms with Crippen molar-refractivity contribution >= 4 is 11.6 Å². The highest BCUT2D eigenvalue weighted by molar-refractivity contribution is 5.86. The molecule has 0 amide bonds. The standard InChI is InChI=1S/C32H31NO3/c1-23-30(35-31(23)33-28-19-21-29(34-3)22-20-28)24(2)36-32(25-13-7-4-8-14-25,26-15-9-5-10-16-26)27-17-11-6-12-18-27/h4-24,30H,1-3H3/t23-,24+,30+/m1/s1. The molecule has 0 N–H and O–H groups in total. The van der Waals surface area contributed by atoms with Crippen LogP contribution in [0.3, 0.4) is 0 Å². The third-order valence-electron chi connectivity index (χ3n) is 6.82. The summed E-state index contributed by atoms with van der Waals surface area (Å²) in [5.74, 6) is 1.66. The van der Waals surface area contributed by atoms with Gasteiger partial charge >= 0.3 is 0 Å². The Labute approximate surface area is 213 Å². The van der Waals surface area contributed by atoms with Crippen LogP contribution in [0.2, 0.25) is 0 Å². The lowest BCUT2D eigenvalue weighted by molar-refractivity contribution is -0.120. The highest BCUT2D eigenvalue weighted by Crippen LogP contribution is 2.43. The summed E-state index contributed by atoms with van der Waals surface area (Å²) in [4.78, 5) is 4.71. The molecule has 182 valence electrons. The molecule has 4 heteroatoms. The van der Waals surface area contributed by atoms with Gasteiger partial charge in [-0.3, -0.25) is 0 Å². The number of aliphatic imine (C=N–C) groups is 1. The Bertz CT molecular complexity index is 1190. The Morgan fingerprint density at radius 3 is 1.61 bits per heavy atom. The van der Waals surface area contributed by atoms with Crippen LogP contribution in [-0.4, -0.2) is 25.2 Å². The maximum Gasteiger partial charge on any atom is 0.195 e. The smallest absolute Gasteiger partial charge is 0.195 e. The van der Waals surface area contributed by atoms with Gasteiger partial charge in [-0.25, -0.2) is 4.99 Å². The van der Waals surface area contributed by atoms with Gasteiger partial charge in [0.1, 0.15) is 17.5 Å². The third kappa shape index (κ3) is 4.52. The zero-order valence-corrected chi connectivity index (χ0v) is 20.9. The van der Waals surface area contributed by atoms with Gasteiger partial charge in [-0.2, -0.15) is 0 Å². The molecule has 1 fully saturated rings. The third-order valence-corrected chi connectivity index (χ3v) is 6.82. The van der Waals surface area contributed by atoms with Crippen LogP contribution in [0, 0.1) is 5.92 Å². The average molecular weight is 478 g/mol. The first-order chi connectivity index (χ1) is 17.6. The van der Waals surface area contributed by atoms with Crippen molar-refractivity contribution in [3.8, 4) is 5.75 Å². The van der Waals surface area contributed by atoms with E-state index >= 15 is 0 Å². The van der Waals surface area contributed by atoms with Crippen LogP contribution in [0.4, 0.5) is 5.69 Å². The zero-order chi connectivity index (χ0) is 25.0. The van der Waals surface area contributed by atoms with E-state index < -0.39 is 5.60 Å². The molecule has 0 unspecified atom stereocenters. The second kappa shape index (κ2) is 10.4. The fraction of sp³-hybridized carbons (Fsp3) is 0.219. The zero-order valence-electron chi connectivity index (χ0n) is 20.9. The van der Waals surface area contributed by atoms with E-state index in [0.717, 1.165) is 34.0 Å². The highest BCUT2D eigenvalue weighted by Gasteiger charge is 2.46. The fourth-order valence-corrected chi connectivity index (χ4v) is 4.90. The number of rotatable bonds is 8. The van der Waals surface area contributed by atoms with Crippen LogP contribution in [0.5, 0.6) is 5.75 Å². The van der Waals surface area contributed by atoms with Gasteiger partial charge < -0.3 is 14.2 Å². The molecule has 1 heterocycles. The minimum absolute atomic E-state index is 0.113. The number of benzene rings is 4. The molecule has 0 aromatic heterocycles. The Morgan fingerprint density at radius 2 is 1.19 bits per heavy atom. The SMILES string of the molecule is COc1ccc(N=C2O[C@H]([C@H](C)OC(c3ccccc3)(c3ccccc3)c3ccccc3)[C@H]2C)cc1. The van der Waals surface area contributed by atoms with Crippen molar-refractivity contribution in [3.63, 3.8) is 0 Å². The minimum atomic E-state index is -0.783. The molecule has 5 rings (SSSR count). The molecule has 0 bridgehead atoms. The molecule has 0 spiro atoms. The highest BCUT2D eigenvalue weighted by atomic mass is 16.6. The summed E-state index contributed by atoms with van der Waals surface area (Å²) in [6, 6.07) is 38.9. The van der Waals surface area contributed by atoms with Gasteiger partial charge in [-0.1, -0.05) is 97.9 Å². The molecule has 4 aromatic carbocycles. The van der Waals surface area contributed by atoms with Gasteiger partial charge in [-0.05, 0) is 47.9 Å². The summed E-state index contributed by atoms with van der Waals surface area (Å²) in [6.07, 6.45) is -0.312. The Morgan fingerprint density at radius 1 is 0.722 bits per heavy atom. The molecule has 0 saturated carbocycles. The van der Waals surface area contributed by atoms with Crippen LogP contribution < -0.4 is 4.74 Å². The molecule has 0 aliphatic carbocycles. The molecular formula is C32H31NO3. The summed E-state index contributed by atoms with van der Waals surface area (Å²) in [6.45, 7) is 4.24. The normalized spacial score (nSPS) is 19.2. The largest absolute Gasteiger partial charge is 0.497 e. The molecule has 1 saturated heterocycles. The van der Waals surface area contributed by atoms with E-state index in [-0.39, 0.29) is 18.1 Å². The van der Waals surface area contributed by atoms with E-state index in [4.69, 9.17) is 19.2 Å². The summed E-state index contributed by atoms with van der Waals surface area (Å²) in [5, 5.41) is 0. The number of hydrogen-bond donors (Lipinski definition) is 0. The first kappa shape index (κ1) is 23.8. The van der Waals surface area contributed by atoms with Crippen molar-refractivity contribution in [2.24, 2.45) is 10.9 Å². The molecule has 36 heavy (non-hydrogen) atoms. The van der Waals surface area contributed by atoms with Crippen LogP contribution in [-0.2, 0) is 15.1 Å². The summed E-state index contributed by atoms with van der Waals surface area (Å²) in [5.41, 5.74) is 3.29. The van der Waals surface area contributed by atoms with Gasteiger partial charge in [0, 0.05) is 0 Å². The monoisotopic (exact) mass is 477 g/mol. The van der Waals surface area contributed by atoms with Crippen molar-refractivity contribution < 1.29 is 14.2 Å². The Balaban J connectivity index is 1.47. The lowest BCUT2D eigenvalue weighted by Gasteiger charge is -2.45. The van der Waals surface area contributed by atoms with Gasteiger partial charge in [0.05, 0.1) is 24.8 Å². The first-order valence-corrected chi connectivity index (χ1v) is 12.4. The molecule has 3 atom stereocenters. The molecular weight excluding hydrogens is 446 g/mol. The van der Waals surface area contributed by atoms with E-state index in [9.17, 15) is 0 Å². The Hall–Kier alpha value is -3.89. The quantitative estimate of drug-likeness (QED) is 0.253. The van der Waals surface area contributed by atoms with E-state index in [1.807, 2.05) is 42.5 Å². The van der Waals surface area contributed by atoms with Crippen LogP contribution in [0.25, 0.3) is 0 Å². The van der Waals surface area contributed by atoms with E-state index in [2.05, 4.69) is 86.6 Å². The van der Waals surface area contributed by atoms with Crippen LogP contribution >= 0.6 is 0 Å². The predicted octanol–water partition coefficient (Wildman–Crippen LogP) is 7.16. The lowest BCUT2D eigenvalue weighted by atomic mass is 9.79. The summed E-state index contributed by atoms with van der Waals surface area (Å²) >= 11 is 0.